The fourth-order valence-corrected chi connectivity index (χ4v) is 2.75. The predicted molar refractivity (Wildman–Crippen MR) is 69.9 cm³/mol. The molecule has 6 nitrogen and oxygen atoms in total. The van der Waals surface area contributed by atoms with Crippen LogP contribution in [0.25, 0.3) is 0 Å². The van der Waals surface area contributed by atoms with E-state index in [1.54, 1.807) is 0 Å². The van der Waals surface area contributed by atoms with Crippen LogP contribution >= 0.6 is 0 Å². The van der Waals surface area contributed by atoms with Crippen LogP contribution in [0.5, 0.6) is 0 Å². The van der Waals surface area contributed by atoms with Crippen LogP contribution < -0.4 is 0 Å². The molecule has 0 saturated heterocycles. The minimum atomic E-state index is -1.06. The van der Waals surface area contributed by atoms with E-state index < -0.39 is 11.6 Å². The van der Waals surface area contributed by atoms with E-state index in [2.05, 4.69) is 10.3 Å². The van der Waals surface area contributed by atoms with Gasteiger partial charge in [0.05, 0.1) is 24.5 Å². The normalized spacial score (nSPS) is 31.7. The molecule has 0 spiro atoms. The summed E-state index contributed by atoms with van der Waals surface area (Å²) in [7, 11) is 2.85. The van der Waals surface area contributed by atoms with Gasteiger partial charge in [0.25, 0.3) is 0 Å². The van der Waals surface area contributed by atoms with Gasteiger partial charge in [-0.2, -0.15) is 0 Å². The maximum atomic E-state index is 12.1. The Morgan fingerprint density at radius 1 is 1.47 bits per heavy atom. The number of carbonyl (C=O) groups excluding carboxylic acids is 1. The van der Waals surface area contributed by atoms with Crippen molar-refractivity contribution in [2.75, 3.05) is 14.2 Å². The standard InChI is InChI=1S/C13H20N2O4/c1-12(2,3)10-9-8(14-18-5)6-7-13(9,19-15-10)11(16)17-4/h9H,6-7H2,1-5H3/b14-8+. The lowest BCUT2D eigenvalue weighted by Gasteiger charge is -2.27. The molecule has 2 atom stereocenters. The number of fused-ring (bicyclic) bond motifs is 1. The van der Waals surface area contributed by atoms with Crippen molar-refractivity contribution in [3.63, 3.8) is 0 Å². The molecule has 1 aliphatic heterocycles. The Kier molecular flexibility index (Phi) is 3.28. The van der Waals surface area contributed by atoms with Crippen LogP contribution in [0.4, 0.5) is 0 Å². The topological polar surface area (TPSA) is 69.5 Å². The second kappa shape index (κ2) is 4.51. The summed E-state index contributed by atoms with van der Waals surface area (Å²) in [6, 6.07) is 0. The summed E-state index contributed by atoms with van der Waals surface area (Å²) in [5, 5.41) is 8.18. The first-order valence-corrected chi connectivity index (χ1v) is 6.31. The van der Waals surface area contributed by atoms with Gasteiger partial charge in [0.1, 0.15) is 7.11 Å². The highest BCUT2D eigenvalue weighted by atomic mass is 16.7. The monoisotopic (exact) mass is 268 g/mol. The van der Waals surface area contributed by atoms with Crippen molar-refractivity contribution in [3.05, 3.63) is 0 Å². The lowest BCUT2D eigenvalue weighted by atomic mass is 9.76. The molecule has 0 aromatic rings. The lowest BCUT2D eigenvalue weighted by molar-refractivity contribution is -0.167. The number of ether oxygens (including phenoxy) is 1. The molecule has 1 aliphatic carbocycles. The average Bonchev–Trinajstić information content (AvgIpc) is 2.87. The molecule has 1 fully saturated rings. The molecule has 2 rings (SSSR count). The van der Waals surface area contributed by atoms with E-state index in [0.717, 1.165) is 11.4 Å². The molecule has 2 aliphatic rings. The van der Waals surface area contributed by atoms with Crippen molar-refractivity contribution in [2.45, 2.75) is 39.2 Å². The minimum absolute atomic E-state index is 0.209. The van der Waals surface area contributed by atoms with E-state index in [-0.39, 0.29) is 11.3 Å². The number of hydrogen-bond donors (Lipinski definition) is 0. The van der Waals surface area contributed by atoms with Crippen LogP contribution in [-0.2, 0) is 19.2 Å². The minimum Gasteiger partial charge on any atom is -0.466 e. The van der Waals surface area contributed by atoms with Crippen molar-refractivity contribution in [1.29, 1.82) is 0 Å². The summed E-state index contributed by atoms with van der Waals surface area (Å²) < 4.78 is 4.89. The highest BCUT2D eigenvalue weighted by Crippen LogP contribution is 2.46. The van der Waals surface area contributed by atoms with Crippen LogP contribution in [0.15, 0.2) is 10.3 Å². The van der Waals surface area contributed by atoms with Crippen molar-refractivity contribution >= 4 is 17.4 Å². The largest absolute Gasteiger partial charge is 0.466 e. The maximum absolute atomic E-state index is 12.1. The molecule has 2 unspecified atom stereocenters. The molecule has 0 amide bonds. The van der Waals surface area contributed by atoms with Gasteiger partial charge in [0, 0.05) is 11.8 Å². The van der Waals surface area contributed by atoms with Gasteiger partial charge in [-0.25, -0.2) is 4.79 Å². The number of nitrogens with zero attached hydrogens (tertiary/aromatic N) is 2. The van der Waals surface area contributed by atoms with E-state index in [1.165, 1.54) is 14.2 Å². The Morgan fingerprint density at radius 3 is 2.68 bits per heavy atom. The summed E-state index contributed by atoms with van der Waals surface area (Å²) in [6.45, 7) is 6.10. The summed E-state index contributed by atoms with van der Waals surface area (Å²) in [5.41, 5.74) is 0.332. The Hall–Kier alpha value is -1.59. The third-order valence-corrected chi connectivity index (χ3v) is 3.64. The van der Waals surface area contributed by atoms with Crippen molar-refractivity contribution in [1.82, 2.24) is 0 Å². The first-order chi connectivity index (χ1) is 8.86. The summed E-state index contributed by atoms with van der Waals surface area (Å²) in [5.74, 6) is -0.693. The van der Waals surface area contributed by atoms with Crippen LogP contribution in [-0.4, -0.2) is 37.2 Å². The summed E-state index contributed by atoms with van der Waals surface area (Å²) in [6.07, 6.45) is 1.15. The number of hydrogen-bond acceptors (Lipinski definition) is 6. The average molecular weight is 268 g/mol. The third-order valence-electron chi connectivity index (χ3n) is 3.64. The Morgan fingerprint density at radius 2 is 2.16 bits per heavy atom. The molecular formula is C13H20N2O4. The van der Waals surface area contributed by atoms with Crippen LogP contribution in [0.1, 0.15) is 33.6 Å². The van der Waals surface area contributed by atoms with Gasteiger partial charge in [-0.15, -0.1) is 0 Å². The molecular weight excluding hydrogens is 248 g/mol. The molecule has 1 saturated carbocycles. The second-order valence-electron chi connectivity index (χ2n) is 5.90. The van der Waals surface area contributed by atoms with Crippen LogP contribution in [0.2, 0.25) is 0 Å². The number of carbonyl (C=O) groups is 1. The van der Waals surface area contributed by atoms with Gasteiger partial charge in [0.2, 0.25) is 5.60 Å². The van der Waals surface area contributed by atoms with Crippen molar-refractivity contribution in [3.8, 4) is 0 Å². The number of rotatable bonds is 2. The molecule has 0 N–H and O–H groups in total. The summed E-state index contributed by atoms with van der Waals surface area (Å²) in [4.78, 5) is 22.5. The molecule has 0 aromatic carbocycles. The third kappa shape index (κ3) is 1.99. The smallest absolute Gasteiger partial charge is 0.354 e. The molecule has 0 aromatic heterocycles. The van der Waals surface area contributed by atoms with Crippen molar-refractivity contribution in [2.24, 2.45) is 21.6 Å². The highest BCUT2D eigenvalue weighted by molar-refractivity contribution is 6.16. The Balaban J connectivity index is 2.45. The maximum Gasteiger partial charge on any atom is 0.354 e. The lowest BCUT2D eigenvalue weighted by Crippen LogP contribution is -2.47. The van der Waals surface area contributed by atoms with Crippen LogP contribution in [0, 0.1) is 11.3 Å². The first kappa shape index (κ1) is 13.8. The fraction of sp³-hybridized carbons (Fsp3) is 0.769. The molecule has 0 bridgehead atoms. The Bertz CT molecular complexity index is 450. The number of esters is 1. The highest BCUT2D eigenvalue weighted by Gasteiger charge is 2.63. The number of methoxy groups -OCH3 is 1. The van der Waals surface area contributed by atoms with Gasteiger partial charge >= 0.3 is 5.97 Å². The van der Waals surface area contributed by atoms with Gasteiger partial charge in [-0.05, 0) is 6.42 Å². The number of oxime groups is 2. The van der Waals surface area contributed by atoms with E-state index in [9.17, 15) is 4.79 Å². The van der Waals surface area contributed by atoms with Crippen molar-refractivity contribution < 1.29 is 19.2 Å². The molecule has 19 heavy (non-hydrogen) atoms. The van der Waals surface area contributed by atoms with E-state index in [0.29, 0.717) is 12.8 Å². The van der Waals surface area contributed by atoms with Crippen LogP contribution in [0.3, 0.4) is 0 Å². The van der Waals surface area contributed by atoms with Gasteiger partial charge in [0.15, 0.2) is 0 Å². The molecule has 106 valence electrons. The zero-order valence-electron chi connectivity index (χ0n) is 12.0. The van der Waals surface area contributed by atoms with E-state index in [4.69, 9.17) is 14.4 Å². The van der Waals surface area contributed by atoms with E-state index in [1.807, 2.05) is 20.8 Å². The van der Waals surface area contributed by atoms with E-state index >= 15 is 0 Å². The quantitative estimate of drug-likeness (QED) is 0.565. The van der Waals surface area contributed by atoms with Gasteiger partial charge in [-0.1, -0.05) is 31.1 Å². The fourth-order valence-electron chi connectivity index (χ4n) is 2.75. The predicted octanol–water partition coefficient (Wildman–Crippen LogP) is 1.74. The van der Waals surface area contributed by atoms with Gasteiger partial charge in [-0.3, -0.25) is 0 Å². The SMILES string of the molecule is CO/N=C1\CCC2(C(=O)OC)ON=C(C(C)(C)C)C12. The zero-order valence-corrected chi connectivity index (χ0v) is 12.0. The first-order valence-electron chi connectivity index (χ1n) is 6.31. The second-order valence-corrected chi connectivity index (χ2v) is 5.90. The summed E-state index contributed by atoms with van der Waals surface area (Å²) >= 11 is 0. The Labute approximate surface area is 112 Å². The molecule has 0 radical (unpaired) electrons. The molecule has 6 heteroatoms. The van der Waals surface area contributed by atoms with Gasteiger partial charge < -0.3 is 14.4 Å². The molecule has 1 heterocycles. The zero-order chi connectivity index (χ0) is 14.3.